The van der Waals surface area contributed by atoms with E-state index < -0.39 is 35.7 Å². The van der Waals surface area contributed by atoms with E-state index in [1.165, 1.54) is 48.8 Å². The van der Waals surface area contributed by atoms with Crippen molar-refractivity contribution in [3.05, 3.63) is 235 Å². The number of aliphatic carboxylic acids is 2. The molecule has 18 heteroatoms. The Balaban J connectivity index is 1.01. The summed E-state index contributed by atoms with van der Waals surface area (Å²) in [4.78, 5) is 32.1. The van der Waals surface area contributed by atoms with Crippen molar-refractivity contribution in [2.75, 3.05) is 0 Å². The maximum absolute atomic E-state index is 13.8. The molecule has 0 saturated carbocycles. The standard InChI is InChI=1S/C62H54Cl2F2N6O8/c1-37-45(35-79-59-23-57(77-33-41-17-39(25-67)27-69-29-41)47(19-53(59)63)31-71-55(21-61(73)74)43-9-13-49(65)14-10-43)5-3-7-51(37)52-8-4-6-46(38(52)2)36-80-60-24-58(78-34-42-18-40(26-68)28-70-30-42)48(20-54(60)64)32-72-56(22-62(75)76)44-11-15-50(66)16-12-44/h3-20,23-25,27-30,55-56,67,71-72H,21-22,31-36H2,1-2H3,(H,73,74)(H,75,76). The van der Waals surface area contributed by atoms with Gasteiger partial charge in [-0.3, -0.25) is 19.6 Å². The van der Waals surface area contributed by atoms with Crippen molar-refractivity contribution in [3.8, 4) is 40.2 Å². The van der Waals surface area contributed by atoms with Gasteiger partial charge in [0.05, 0.1) is 28.5 Å². The highest BCUT2D eigenvalue weighted by molar-refractivity contribution is 6.32. The van der Waals surface area contributed by atoms with Crippen molar-refractivity contribution in [2.45, 2.75) is 78.3 Å². The predicted octanol–water partition coefficient (Wildman–Crippen LogP) is 13.1. The Kier molecular flexibility index (Phi) is 19.6. The van der Waals surface area contributed by atoms with E-state index in [9.17, 15) is 33.8 Å². The summed E-state index contributed by atoms with van der Waals surface area (Å²) in [7, 11) is 0. The highest BCUT2D eigenvalue weighted by atomic mass is 35.5. The molecular weight excluding hydrogens is 1070 g/mol. The van der Waals surface area contributed by atoms with Crippen molar-refractivity contribution >= 4 is 41.4 Å². The number of pyridine rings is 2. The summed E-state index contributed by atoms with van der Waals surface area (Å²) in [6.07, 6.45) is 6.90. The third kappa shape index (κ3) is 15.3. The lowest BCUT2D eigenvalue weighted by molar-refractivity contribution is -0.138. The van der Waals surface area contributed by atoms with Gasteiger partial charge in [-0.15, -0.1) is 0 Å². The molecule has 2 heterocycles. The van der Waals surface area contributed by atoms with Crippen LogP contribution in [0.5, 0.6) is 23.0 Å². The van der Waals surface area contributed by atoms with Gasteiger partial charge in [-0.25, -0.2) is 8.78 Å². The van der Waals surface area contributed by atoms with Gasteiger partial charge < -0.3 is 45.2 Å². The highest BCUT2D eigenvalue weighted by Crippen LogP contribution is 2.38. The van der Waals surface area contributed by atoms with Crippen molar-refractivity contribution in [2.24, 2.45) is 0 Å². The first-order valence-electron chi connectivity index (χ1n) is 25.2. The quantitative estimate of drug-likeness (QED) is 0.0320. The predicted molar refractivity (Wildman–Crippen MR) is 299 cm³/mol. The van der Waals surface area contributed by atoms with Crippen molar-refractivity contribution in [1.29, 1.82) is 10.7 Å². The summed E-state index contributed by atoms with van der Waals surface area (Å²) in [6, 6.07) is 34.1. The van der Waals surface area contributed by atoms with Gasteiger partial charge in [0.1, 0.15) is 67.1 Å². The van der Waals surface area contributed by atoms with Crippen molar-refractivity contribution < 1.29 is 47.5 Å². The molecule has 0 aliphatic rings. The fraction of sp³-hybridized carbons (Fsp3) is 0.194. The van der Waals surface area contributed by atoms with Crippen LogP contribution in [0, 0.1) is 42.2 Å². The number of rotatable bonds is 26. The summed E-state index contributed by atoms with van der Waals surface area (Å²) >= 11 is 13.9. The van der Waals surface area contributed by atoms with Crippen LogP contribution in [0.4, 0.5) is 8.78 Å². The number of ether oxygens (including phenoxy) is 4. The molecular formula is C62H54Cl2F2N6O8. The number of nitriles is 1. The molecule has 2 aromatic heterocycles. The molecule has 2 unspecified atom stereocenters. The first-order chi connectivity index (χ1) is 38.6. The molecule has 14 nitrogen and oxygen atoms in total. The number of hydrogen-bond acceptors (Lipinski definition) is 12. The summed E-state index contributed by atoms with van der Waals surface area (Å²) in [5, 5.41) is 43.7. The van der Waals surface area contributed by atoms with Gasteiger partial charge in [-0.05, 0) is 107 Å². The fourth-order valence-corrected chi connectivity index (χ4v) is 9.41. The summed E-state index contributed by atoms with van der Waals surface area (Å²) in [5.74, 6) is -1.50. The number of halogens is 4. The average Bonchev–Trinajstić information content (AvgIpc) is 3.45. The zero-order valence-corrected chi connectivity index (χ0v) is 45.0. The van der Waals surface area contributed by atoms with Crippen LogP contribution < -0.4 is 29.6 Å². The van der Waals surface area contributed by atoms with Gasteiger partial charge in [0.15, 0.2) is 0 Å². The molecule has 0 aliphatic heterocycles. The minimum absolute atomic E-state index is 0.0458. The summed E-state index contributed by atoms with van der Waals surface area (Å²) < 4.78 is 53.2. The second kappa shape index (κ2) is 27.2. The summed E-state index contributed by atoms with van der Waals surface area (Å²) in [5.41, 5.74) is 10.3. The molecule has 0 fully saturated rings. The van der Waals surface area contributed by atoms with Crippen LogP contribution in [0.3, 0.4) is 0 Å². The maximum Gasteiger partial charge on any atom is 0.305 e. The molecule has 5 N–H and O–H groups in total. The smallest absolute Gasteiger partial charge is 0.305 e. The lowest BCUT2D eigenvalue weighted by Gasteiger charge is -2.21. The molecule has 0 saturated heterocycles. The largest absolute Gasteiger partial charge is 0.488 e. The van der Waals surface area contributed by atoms with Crippen molar-refractivity contribution in [3.63, 3.8) is 0 Å². The Labute approximate surface area is 471 Å². The van der Waals surface area contributed by atoms with E-state index in [-0.39, 0.29) is 62.4 Å². The zero-order chi connectivity index (χ0) is 56.7. The molecule has 408 valence electrons. The first-order valence-corrected chi connectivity index (χ1v) is 25.9. The molecule has 0 aliphatic carbocycles. The molecule has 0 spiro atoms. The minimum atomic E-state index is -1.04. The molecule has 8 aromatic rings. The van der Waals surface area contributed by atoms with Gasteiger partial charge in [0.25, 0.3) is 0 Å². The van der Waals surface area contributed by atoms with Crippen LogP contribution >= 0.6 is 23.2 Å². The number of nitrogens with one attached hydrogen (secondary N) is 3. The van der Waals surface area contributed by atoms with Crippen LogP contribution in [0.2, 0.25) is 10.0 Å². The lowest BCUT2D eigenvalue weighted by atomic mass is 9.92. The van der Waals surface area contributed by atoms with E-state index in [4.69, 9.17) is 47.6 Å². The number of carbonyl (C=O) groups is 2. The number of benzene rings is 6. The van der Waals surface area contributed by atoms with Crippen LogP contribution in [-0.4, -0.2) is 38.3 Å². The van der Waals surface area contributed by atoms with Crippen LogP contribution in [-0.2, 0) is 49.1 Å². The lowest BCUT2D eigenvalue weighted by Crippen LogP contribution is -2.24. The van der Waals surface area contributed by atoms with Crippen LogP contribution in [0.15, 0.2) is 146 Å². The van der Waals surface area contributed by atoms with Gasteiger partial charge >= 0.3 is 11.9 Å². The monoisotopic (exact) mass is 1120 g/mol. The highest BCUT2D eigenvalue weighted by Gasteiger charge is 2.22. The normalized spacial score (nSPS) is 11.8. The van der Waals surface area contributed by atoms with E-state index >= 15 is 0 Å². The van der Waals surface area contributed by atoms with Crippen LogP contribution in [0.25, 0.3) is 11.1 Å². The molecule has 80 heavy (non-hydrogen) atoms. The Bertz CT molecular complexity index is 3560. The molecule has 2 atom stereocenters. The van der Waals surface area contributed by atoms with Gasteiger partial charge in [-0.2, -0.15) is 5.26 Å². The number of nitrogens with zero attached hydrogens (tertiary/aromatic N) is 3. The van der Waals surface area contributed by atoms with Crippen LogP contribution in [0.1, 0.15) is 91.7 Å². The maximum atomic E-state index is 13.8. The van der Waals surface area contributed by atoms with E-state index in [2.05, 4.69) is 26.7 Å². The second-order valence-electron chi connectivity index (χ2n) is 18.7. The third-order valence-corrected chi connectivity index (χ3v) is 13.8. The van der Waals surface area contributed by atoms with Gasteiger partial charge in [0.2, 0.25) is 0 Å². The van der Waals surface area contributed by atoms with E-state index in [0.717, 1.165) is 33.4 Å². The molecule has 8 rings (SSSR count). The Morgan fingerprint density at radius 1 is 0.600 bits per heavy atom. The Hall–Kier alpha value is -8.72. The number of carboxylic acid groups (broad SMARTS) is 2. The van der Waals surface area contributed by atoms with Crippen molar-refractivity contribution in [1.82, 2.24) is 20.6 Å². The van der Waals surface area contributed by atoms with E-state index in [1.54, 1.807) is 67.1 Å². The van der Waals surface area contributed by atoms with Gasteiger partial charge in [-0.1, -0.05) is 83.9 Å². The third-order valence-electron chi connectivity index (χ3n) is 13.3. The second-order valence-corrected chi connectivity index (χ2v) is 19.6. The fourth-order valence-electron chi connectivity index (χ4n) is 8.93. The minimum Gasteiger partial charge on any atom is -0.488 e. The van der Waals surface area contributed by atoms with E-state index in [0.29, 0.717) is 67.5 Å². The number of carboxylic acids is 2. The topological polar surface area (TPSA) is 209 Å². The molecule has 0 radical (unpaired) electrons. The molecule has 6 aromatic carbocycles. The molecule has 0 bridgehead atoms. The Morgan fingerprint density at radius 2 is 1.04 bits per heavy atom. The summed E-state index contributed by atoms with van der Waals surface area (Å²) in [6.45, 7) is 4.69. The zero-order valence-electron chi connectivity index (χ0n) is 43.4. The first kappa shape index (κ1) is 57.5. The number of hydrogen-bond donors (Lipinski definition) is 5. The Morgan fingerprint density at radius 3 is 1.48 bits per heavy atom. The van der Waals surface area contributed by atoms with Gasteiger partial charge in [0, 0.05) is 96.1 Å². The molecule has 0 amide bonds. The van der Waals surface area contributed by atoms with E-state index in [1.807, 2.05) is 50.2 Å². The average molecular weight is 1120 g/mol. The SMILES string of the molecule is Cc1c(COc2cc(OCc3cncc(C#N)c3)c(CNC(CC(=O)O)c3ccc(F)cc3)cc2Cl)cccc1-c1cccc(COc2cc(OCc3cncc(C=N)c3)c(CNC(CC(=O)O)c3ccc(F)cc3)cc2Cl)c1C. The number of aromatic nitrogens is 2.